The fourth-order valence-electron chi connectivity index (χ4n) is 2.81. The topological polar surface area (TPSA) is 26.0 Å². The van der Waals surface area contributed by atoms with Crippen molar-refractivity contribution in [3.63, 3.8) is 0 Å². The number of allylic oxidation sites excluding steroid dienone is 1. The molecule has 0 spiro atoms. The van der Waals surface area contributed by atoms with Crippen LogP contribution in [-0.4, -0.2) is 26.3 Å². The van der Waals surface area contributed by atoms with Gasteiger partial charge in [-0.2, -0.15) is 5.10 Å². The quantitative estimate of drug-likeness (QED) is 0.454. The van der Waals surface area contributed by atoms with E-state index in [9.17, 15) is 4.39 Å². The molecule has 2 aromatic carbocycles. The molecule has 0 bridgehead atoms. The summed E-state index contributed by atoms with van der Waals surface area (Å²) in [6, 6.07) is 16.5. The third-order valence-corrected chi connectivity index (χ3v) is 4.44. The van der Waals surface area contributed by atoms with Crippen molar-refractivity contribution in [3.05, 3.63) is 83.4 Å². The van der Waals surface area contributed by atoms with E-state index in [0.717, 1.165) is 17.0 Å². The first-order valence-electron chi connectivity index (χ1n) is 8.35. The third-order valence-electron chi connectivity index (χ3n) is 4.01. The van der Waals surface area contributed by atoms with Crippen LogP contribution in [0.4, 0.5) is 4.39 Å². The monoisotopic (exact) mass is 368 g/mol. The average molecular weight is 368 g/mol. The Morgan fingerprint density at radius 2 is 1.85 bits per heavy atom. The fourth-order valence-corrected chi connectivity index (χ4v) is 3.07. The molecule has 134 valence electrons. The van der Waals surface area contributed by atoms with Gasteiger partial charge in [-0.25, -0.2) is 9.07 Å². The molecule has 0 radical (unpaired) electrons. The highest BCUT2D eigenvalue weighted by atomic mass is 32.1. The van der Waals surface area contributed by atoms with E-state index in [1.165, 1.54) is 12.1 Å². The van der Waals surface area contributed by atoms with E-state index in [0.29, 0.717) is 24.5 Å². The highest BCUT2D eigenvalue weighted by Gasteiger charge is 2.13. The Balaban J connectivity index is 1.84. The lowest BCUT2D eigenvalue weighted by Gasteiger charge is -2.16. The van der Waals surface area contributed by atoms with Crippen molar-refractivity contribution in [2.75, 3.05) is 7.05 Å². The minimum atomic E-state index is -0.228. The lowest BCUT2D eigenvalue weighted by molar-refractivity contribution is 0.244. The van der Waals surface area contributed by atoms with E-state index in [2.05, 4.69) is 11.5 Å². The number of aromatic nitrogens is 3. The van der Waals surface area contributed by atoms with Crippen LogP contribution in [0.2, 0.25) is 0 Å². The standard InChI is InChI=1S/C20H21FN4S/c1-3-13-24-19(17-7-5-4-6-8-17)22-25(20(24)26)15-23(2)14-16-9-11-18(21)12-10-16/h3-12H,1,13-15H2,2H3. The van der Waals surface area contributed by atoms with Crippen molar-refractivity contribution in [3.8, 4) is 11.4 Å². The van der Waals surface area contributed by atoms with Crippen LogP contribution in [0.25, 0.3) is 11.4 Å². The van der Waals surface area contributed by atoms with Gasteiger partial charge in [0.15, 0.2) is 10.6 Å². The predicted octanol–water partition coefficient (Wildman–Crippen LogP) is 4.50. The molecule has 0 unspecified atom stereocenters. The van der Waals surface area contributed by atoms with Gasteiger partial charge in [-0.1, -0.05) is 48.5 Å². The minimum absolute atomic E-state index is 0.228. The van der Waals surface area contributed by atoms with E-state index in [1.807, 2.05) is 52.7 Å². The molecule has 0 aliphatic rings. The molecule has 0 saturated carbocycles. The zero-order chi connectivity index (χ0) is 18.5. The maximum absolute atomic E-state index is 13.1. The second-order valence-electron chi connectivity index (χ2n) is 6.15. The summed E-state index contributed by atoms with van der Waals surface area (Å²) in [6.07, 6.45) is 1.82. The van der Waals surface area contributed by atoms with Crippen LogP contribution in [0, 0.1) is 10.6 Å². The van der Waals surface area contributed by atoms with E-state index in [-0.39, 0.29) is 5.82 Å². The Morgan fingerprint density at radius 1 is 1.15 bits per heavy atom. The van der Waals surface area contributed by atoms with Gasteiger partial charge in [-0.05, 0) is 37.0 Å². The van der Waals surface area contributed by atoms with E-state index in [1.54, 1.807) is 12.1 Å². The average Bonchev–Trinajstić information content (AvgIpc) is 2.94. The molecule has 4 nitrogen and oxygen atoms in total. The Hall–Kier alpha value is -2.57. The van der Waals surface area contributed by atoms with Gasteiger partial charge in [-0.3, -0.25) is 9.47 Å². The van der Waals surface area contributed by atoms with Gasteiger partial charge in [0, 0.05) is 18.7 Å². The zero-order valence-electron chi connectivity index (χ0n) is 14.7. The molecule has 26 heavy (non-hydrogen) atoms. The Morgan fingerprint density at radius 3 is 2.50 bits per heavy atom. The normalized spacial score (nSPS) is 11.0. The van der Waals surface area contributed by atoms with E-state index < -0.39 is 0 Å². The summed E-state index contributed by atoms with van der Waals surface area (Å²) in [4.78, 5) is 2.09. The van der Waals surface area contributed by atoms with Crippen molar-refractivity contribution in [2.24, 2.45) is 0 Å². The van der Waals surface area contributed by atoms with Gasteiger partial charge in [0.25, 0.3) is 0 Å². The summed E-state index contributed by atoms with van der Waals surface area (Å²) in [5, 5.41) is 4.72. The predicted molar refractivity (Wildman–Crippen MR) is 105 cm³/mol. The van der Waals surface area contributed by atoms with Crippen LogP contribution in [0.1, 0.15) is 5.56 Å². The molecule has 3 aromatic rings. The first-order valence-corrected chi connectivity index (χ1v) is 8.76. The van der Waals surface area contributed by atoms with Crippen molar-refractivity contribution >= 4 is 12.2 Å². The molecule has 0 fully saturated rings. The summed E-state index contributed by atoms with van der Waals surface area (Å²) >= 11 is 5.62. The zero-order valence-corrected chi connectivity index (χ0v) is 15.5. The van der Waals surface area contributed by atoms with Gasteiger partial charge in [0.05, 0.1) is 6.67 Å². The van der Waals surface area contributed by atoms with Crippen LogP contribution >= 0.6 is 12.2 Å². The SMILES string of the molecule is C=CCn1c(-c2ccccc2)nn(CN(C)Cc2ccc(F)cc2)c1=S. The molecule has 3 rings (SSSR count). The molecule has 0 aliphatic carbocycles. The summed E-state index contributed by atoms with van der Waals surface area (Å²) in [5.74, 6) is 0.597. The first-order chi connectivity index (χ1) is 12.6. The molecule has 1 aromatic heterocycles. The van der Waals surface area contributed by atoms with Crippen molar-refractivity contribution in [2.45, 2.75) is 19.8 Å². The molecule has 0 N–H and O–H groups in total. The highest BCUT2D eigenvalue weighted by molar-refractivity contribution is 7.71. The highest BCUT2D eigenvalue weighted by Crippen LogP contribution is 2.18. The van der Waals surface area contributed by atoms with Crippen LogP contribution in [-0.2, 0) is 19.8 Å². The maximum Gasteiger partial charge on any atom is 0.199 e. The first kappa shape index (κ1) is 18.2. The largest absolute Gasteiger partial charge is 0.296 e. The van der Waals surface area contributed by atoms with Crippen LogP contribution in [0.3, 0.4) is 0 Å². The van der Waals surface area contributed by atoms with Gasteiger partial charge in [0.1, 0.15) is 5.82 Å². The molecule has 6 heteroatoms. The lowest BCUT2D eigenvalue weighted by Crippen LogP contribution is -2.22. The third kappa shape index (κ3) is 4.15. The van der Waals surface area contributed by atoms with Crippen molar-refractivity contribution < 1.29 is 4.39 Å². The fraction of sp³-hybridized carbons (Fsp3) is 0.200. The van der Waals surface area contributed by atoms with Crippen molar-refractivity contribution in [1.29, 1.82) is 0 Å². The molecular formula is C20H21FN4S. The minimum Gasteiger partial charge on any atom is -0.296 e. The Bertz CT molecular complexity index is 929. The van der Waals surface area contributed by atoms with Crippen LogP contribution in [0.15, 0.2) is 67.3 Å². The smallest absolute Gasteiger partial charge is 0.199 e. The summed E-state index contributed by atoms with van der Waals surface area (Å²) < 4.78 is 17.5. The molecule has 0 amide bonds. The number of benzene rings is 2. The maximum atomic E-state index is 13.1. The van der Waals surface area contributed by atoms with Crippen LogP contribution in [0.5, 0.6) is 0 Å². The number of hydrogen-bond donors (Lipinski definition) is 0. The summed E-state index contributed by atoms with van der Waals surface area (Å²) in [5.41, 5.74) is 2.05. The van der Waals surface area contributed by atoms with E-state index in [4.69, 9.17) is 17.3 Å². The summed E-state index contributed by atoms with van der Waals surface area (Å²) in [7, 11) is 1.99. The van der Waals surface area contributed by atoms with Gasteiger partial charge >= 0.3 is 0 Å². The van der Waals surface area contributed by atoms with Gasteiger partial charge in [0.2, 0.25) is 0 Å². The number of hydrogen-bond acceptors (Lipinski definition) is 3. The van der Waals surface area contributed by atoms with E-state index >= 15 is 0 Å². The second kappa shape index (κ2) is 8.21. The molecule has 0 aliphatic heterocycles. The lowest BCUT2D eigenvalue weighted by atomic mass is 10.2. The Labute approximate surface area is 157 Å². The van der Waals surface area contributed by atoms with Gasteiger partial charge < -0.3 is 0 Å². The molecule has 1 heterocycles. The number of rotatable bonds is 7. The summed E-state index contributed by atoms with van der Waals surface area (Å²) in [6.45, 7) is 5.64. The molecule has 0 atom stereocenters. The number of halogens is 1. The van der Waals surface area contributed by atoms with Crippen molar-refractivity contribution in [1.82, 2.24) is 19.2 Å². The Kier molecular flexibility index (Phi) is 5.75. The molecule has 0 saturated heterocycles. The van der Waals surface area contributed by atoms with Gasteiger partial charge in [-0.15, -0.1) is 6.58 Å². The second-order valence-corrected chi connectivity index (χ2v) is 6.52. The number of nitrogens with zero attached hydrogens (tertiary/aromatic N) is 4. The molecular weight excluding hydrogens is 347 g/mol. The van der Waals surface area contributed by atoms with Crippen LogP contribution < -0.4 is 0 Å².